The summed E-state index contributed by atoms with van der Waals surface area (Å²) in [6, 6.07) is -0.360. The summed E-state index contributed by atoms with van der Waals surface area (Å²) in [5.41, 5.74) is -2.73. The Morgan fingerprint density at radius 2 is 1.77 bits per heavy atom. The summed E-state index contributed by atoms with van der Waals surface area (Å²) >= 11 is 0. The predicted molar refractivity (Wildman–Crippen MR) is 78.4 cm³/mol. The second-order valence-corrected chi connectivity index (χ2v) is 7.44. The van der Waals surface area contributed by atoms with Crippen molar-refractivity contribution in [2.75, 3.05) is 19.6 Å². The molecule has 0 spiro atoms. The van der Waals surface area contributed by atoms with Gasteiger partial charge in [0.1, 0.15) is 0 Å². The van der Waals surface area contributed by atoms with Gasteiger partial charge in [-0.25, -0.2) is 4.79 Å². The molecule has 0 bridgehead atoms. The number of piperidine rings is 1. The van der Waals surface area contributed by atoms with E-state index in [0.29, 0.717) is 12.5 Å². The van der Waals surface area contributed by atoms with Gasteiger partial charge >= 0.3 is 12.2 Å². The molecule has 1 aliphatic heterocycles. The molecule has 0 saturated carbocycles. The number of nitrogens with one attached hydrogen (secondary N) is 1. The van der Waals surface area contributed by atoms with Crippen LogP contribution in [0.2, 0.25) is 0 Å². The highest BCUT2D eigenvalue weighted by Gasteiger charge is 2.54. The van der Waals surface area contributed by atoms with Gasteiger partial charge in [0.15, 0.2) is 5.60 Å². The van der Waals surface area contributed by atoms with Crippen molar-refractivity contribution in [3.8, 4) is 0 Å². The fraction of sp³-hybridized carbons (Fsp3) is 0.933. The smallest absolute Gasteiger partial charge is 0.380 e. The SMILES string of the molecule is CC(C)CC(C)(C)CNC(=O)N1CCC(O)(C(F)(F)F)CC1. The molecule has 0 aliphatic carbocycles. The number of rotatable bonds is 4. The third-order valence-corrected chi connectivity index (χ3v) is 4.08. The number of likely N-dealkylation sites (tertiary alicyclic amines) is 1. The first-order chi connectivity index (χ1) is 9.86. The predicted octanol–water partition coefficient (Wildman–Crippen LogP) is 3.16. The molecule has 7 heteroatoms. The van der Waals surface area contributed by atoms with Crippen LogP contribution < -0.4 is 5.32 Å². The minimum absolute atomic E-state index is 0.0632. The number of hydrogen-bond donors (Lipinski definition) is 2. The van der Waals surface area contributed by atoms with E-state index in [1.807, 2.05) is 13.8 Å². The Morgan fingerprint density at radius 3 is 2.18 bits per heavy atom. The maximum absolute atomic E-state index is 12.7. The van der Waals surface area contributed by atoms with E-state index in [9.17, 15) is 23.1 Å². The van der Waals surface area contributed by atoms with E-state index in [-0.39, 0.29) is 24.5 Å². The first-order valence-electron chi connectivity index (χ1n) is 7.68. The molecule has 0 radical (unpaired) electrons. The van der Waals surface area contributed by atoms with Crippen molar-refractivity contribution in [2.45, 2.75) is 58.7 Å². The van der Waals surface area contributed by atoms with Gasteiger partial charge in [0.2, 0.25) is 0 Å². The Balaban J connectivity index is 2.47. The molecule has 1 rings (SSSR count). The fourth-order valence-electron chi connectivity index (χ4n) is 2.97. The summed E-state index contributed by atoms with van der Waals surface area (Å²) in [6.07, 6.45) is -4.64. The first kappa shape index (κ1) is 19.1. The number of halogens is 3. The summed E-state index contributed by atoms with van der Waals surface area (Å²) in [4.78, 5) is 13.4. The molecule has 0 aromatic heterocycles. The summed E-state index contributed by atoms with van der Waals surface area (Å²) in [6.45, 7) is 8.60. The molecule has 22 heavy (non-hydrogen) atoms. The van der Waals surface area contributed by atoms with Crippen LogP contribution in [-0.4, -0.2) is 47.4 Å². The number of nitrogens with zero attached hydrogens (tertiary/aromatic N) is 1. The minimum Gasteiger partial charge on any atom is -0.380 e. The zero-order valence-electron chi connectivity index (χ0n) is 13.8. The average Bonchev–Trinajstić information content (AvgIpc) is 2.34. The molecule has 0 aromatic rings. The van der Waals surface area contributed by atoms with Crippen molar-refractivity contribution in [3.05, 3.63) is 0 Å². The van der Waals surface area contributed by atoms with Crippen LogP contribution in [0.3, 0.4) is 0 Å². The van der Waals surface area contributed by atoms with Crippen molar-refractivity contribution in [2.24, 2.45) is 11.3 Å². The Hall–Kier alpha value is -0.980. The van der Waals surface area contributed by atoms with Crippen LogP contribution in [0, 0.1) is 11.3 Å². The number of alkyl halides is 3. The third kappa shape index (κ3) is 5.04. The number of urea groups is 1. The first-order valence-corrected chi connectivity index (χ1v) is 7.68. The van der Waals surface area contributed by atoms with Gasteiger partial charge in [-0.3, -0.25) is 0 Å². The summed E-state index contributed by atoms with van der Waals surface area (Å²) in [5.74, 6) is 0.503. The normalized spacial score (nSPS) is 19.4. The monoisotopic (exact) mass is 324 g/mol. The highest BCUT2D eigenvalue weighted by molar-refractivity contribution is 5.74. The van der Waals surface area contributed by atoms with Crippen LogP contribution in [0.25, 0.3) is 0 Å². The molecule has 2 N–H and O–H groups in total. The number of hydrogen-bond acceptors (Lipinski definition) is 2. The van der Waals surface area contributed by atoms with Crippen molar-refractivity contribution >= 4 is 6.03 Å². The Labute approximate surface area is 130 Å². The second-order valence-electron chi connectivity index (χ2n) is 7.44. The van der Waals surface area contributed by atoms with Gasteiger partial charge in [0.25, 0.3) is 0 Å². The summed E-state index contributed by atoms with van der Waals surface area (Å²) in [7, 11) is 0. The van der Waals surface area contributed by atoms with Crippen LogP contribution in [0.1, 0.15) is 47.0 Å². The van der Waals surface area contributed by atoms with Gasteiger partial charge in [0, 0.05) is 32.5 Å². The van der Waals surface area contributed by atoms with Gasteiger partial charge in [-0.2, -0.15) is 13.2 Å². The van der Waals surface area contributed by atoms with E-state index in [1.54, 1.807) is 0 Å². The largest absolute Gasteiger partial charge is 0.417 e. The molecule has 1 fully saturated rings. The van der Waals surface area contributed by atoms with E-state index in [1.165, 1.54) is 4.90 Å². The van der Waals surface area contributed by atoms with E-state index in [4.69, 9.17) is 0 Å². The lowest BCUT2D eigenvalue weighted by atomic mass is 9.84. The highest BCUT2D eigenvalue weighted by atomic mass is 19.4. The highest BCUT2D eigenvalue weighted by Crippen LogP contribution is 2.38. The lowest BCUT2D eigenvalue weighted by Gasteiger charge is -2.39. The number of aliphatic hydroxyl groups is 1. The van der Waals surface area contributed by atoms with Crippen LogP contribution in [0.15, 0.2) is 0 Å². The molecular formula is C15H27F3N2O2. The second kappa shape index (κ2) is 6.64. The van der Waals surface area contributed by atoms with Crippen molar-refractivity contribution < 1.29 is 23.1 Å². The van der Waals surface area contributed by atoms with Crippen molar-refractivity contribution in [1.82, 2.24) is 10.2 Å². The lowest BCUT2D eigenvalue weighted by Crippen LogP contribution is -2.56. The van der Waals surface area contributed by atoms with Crippen LogP contribution in [-0.2, 0) is 0 Å². The Morgan fingerprint density at radius 1 is 1.27 bits per heavy atom. The molecule has 0 aromatic carbocycles. The number of amides is 2. The third-order valence-electron chi connectivity index (χ3n) is 4.08. The molecule has 4 nitrogen and oxygen atoms in total. The van der Waals surface area contributed by atoms with Crippen LogP contribution in [0.5, 0.6) is 0 Å². The van der Waals surface area contributed by atoms with Gasteiger partial charge in [-0.15, -0.1) is 0 Å². The molecule has 130 valence electrons. The van der Waals surface area contributed by atoms with Crippen molar-refractivity contribution in [1.29, 1.82) is 0 Å². The maximum Gasteiger partial charge on any atom is 0.417 e. The van der Waals surface area contributed by atoms with E-state index in [0.717, 1.165) is 6.42 Å². The molecule has 0 atom stereocenters. The topological polar surface area (TPSA) is 52.6 Å². The summed E-state index contributed by atoms with van der Waals surface area (Å²) in [5, 5.41) is 12.4. The van der Waals surface area contributed by atoms with Crippen molar-refractivity contribution in [3.63, 3.8) is 0 Å². The Kier molecular flexibility index (Phi) is 5.76. The quantitative estimate of drug-likeness (QED) is 0.834. The van der Waals surface area contributed by atoms with Crippen LogP contribution >= 0.6 is 0 Å². The van der Waals surface area contributed by atoms with E-state index < -0.39 is 24.6 Å². The molecule has 2 amide bonds. The number of carbonyl (C=O) groups is 1. The molecular weight excluding hydrogens is 297 g/mol. The zero-order chi connectivity index (χ0) is 17.2. The fourth-order valence-corrected chi connectivity index (χ4v) is 2.97. The van der Waals surface area contributed by atoms with Gasteiger partial charge in [-0.1, -0.05) is 27.7 Å². The van der Waals surface area contributed by atoms with Gasteiger partial charge < -0.3 is 15.3 Å². The maximum atomic E-state index is 12.7. The lowest BCUT2D eigenvalue weighted by molar-refractivity contribution is -0.271. The zero-order valence-corrected chi connectivity index (χ0v) is 13.8. The molecule has 1 aliphatic rings. The minimum atomic E-state index is -4.64. The molecule has 0 unspecified atom stereocenters. The molecule has 1 heterocycles. The molecule has 1 saturated heterocycles. The van der Waals surface area contributed by atoms with Gasteiger partial charge in [0.05, 0.1) is 0 Å². The Bertz CT molecular complexity index is 387. The average molecular weight is 324 g/mol. The van der Waals surface area contributed by atoms with E-state index >= 15 is 0 Å². The van der Waals surface area contributed by atoms with E-state index in [2.05, 4.69) is 19.2 Å². The number of carbonyl (C=O) groups excluding carboxylic acids is 1. The van der Waals surface area contributed by atoms with Crippen LogP contribution in [0.4, 0.5) is 18.0 Å². The van der Waals surface area contributed by atoms with Gasteiger partial charge in [-0.05, 0) is 17.8 Å². The summed E-state index contributed by atoms with van der Waals surface area (Å²) < 4.78 is 38.1. The standard InChI is InChI=1S/C15H27F3N2O2/c1-11(2)9-13(3,4)10-19-12(21)20-7-5-14(22,6-8-20)15(16,17)18/h11,22H,5-10H2,1-4H3,(H,19,21).